The van der Waals surface area contributed by atoms with E-state index in [4.69, 9.17) is 19.8 Å². The molecule has 0 aromatic heterocycles. The van der Waals surface area contributed by atoms with E-state index < -0.39 is 11.9 Å². The van der Waals surface area contributed by atoms with Crippen molar-refractivity contribution in [2.75, 3.05) is 13.1 Å². The third-order valence-corrected chi connectivity index (χ3v) is 3.63. The van der Waals surface area contributed by atoms with Crippen LogP contribution >= 0.6 is 0 Å². The molecule has 27 heavy (non-hydrogen) atoms. The summed E-state index contributed by atoms with van der Waals surface area (Å²) in [5.41, 5.74) is 2.43. The summed E-state index contributed by atoms with van der Waals surface area (Å²) in [6, 6.07) is 20.5. The van der Waals surface area contributed by atoms with Crippen LogP contribution in [-0.4, -0.2) is 41.1 Å². The van der Waals surface area contributed by atoms with Crippen molar-refractivity contribution in [3.8, 4) is 0 Å². The predicted octanol–water partition coefficient (Wildman–Crippen LogP) is 1.85. The van der Waals surface area contributed by atoms with Gasteiger partial charge in [-0.3, -0.25) is 4.79 Å². The van der Waals surface area contributed by atoms with Gasteiger partial charge >= 0.3 is 11.9 Å². The van der Waals surface area contributed by atoms with Crippen LogP contribution in [0.1, 0.15) is 24.1 Å². The third-order valence-electron chi connectivity index (χ3n) is 3.63. The summed E-state index contributed by atoms with van der Waals surface area (Å²) in [6.45, 7) is 3.07. The monoisotopic (exact) mass is 372 g/mol. The van der Waals surface area contributed by atoms with Crippen LogP contribution < -0.4 is 10.6 Å². The van der Waals surface area contributed by atoms with Crippen LogP contribution in [0.15, 0.2) is 60.7 Å². The standard InChI is InChI=1S/C18H22N2O.C2H2O4/c1-15(17-10-6-3-7-11-17)20-14-18(21)19-13-12-16-8-4-2-5-9-16;3-1(4)2(5)6/h2-11,15,20H,12-14H2,1H3,(H,19,21);(H,3,4)(H,5,6). The van der Waals surface area contributed by atoms with Gasteiger partial charge in [0.2, 0.25) is 5.91 Å². The van der Waals surface area contributed by atoms with Crippen molar-refractivity contribution in [3.05, 3.63) is 71.8 Å². The normalized spacial score (nSPS) is 10.9. The molecule has 0 aliphatic carbocycles. The van der Waals surface area contributed by atoms with Crippen LogP contribution in [0.2, 0.25) is 0 Å². The lowest BCUT2D eigenvalue weighted by Gasteiger charge is -2.14. The van der Waals surface area contributed by atoms with Crippen LogP contribution in [0.3, 0.4) is 0 Å². The molecular weight excluding hydrogens is 348 g/mol. The molecule has 0 saturated carbocycles. The van der Waals surface area contributed by atoms with Crippen molar-refractivity contribution in [2.45, 2.75) is 19.4 Å². The number of amides is 1. The fourth-order valence-electron chi connectivity index (χ4n) is 2.16. The van der Waals surface area contributed by atoms with E-state index in [1.165, 1.54) is 11.1 Å². The Labute approximate surface area is 158 Å². The van der Waals surface area contributed by atoms with Crippen molar-refractivity contribution in [3.63, 3.8) is 0 Å². The fraction of sp³-hybridized carbons (Fsp3) is 0.250. The van der Waals surface area contributed by atoms with Crippen molar-refractivity contribution in [2.24, 2.45) is 0 Å². The van der Waals surface area contributed by atoms with Gasteiger partial charge in [-0.15, -0.1) is 0 Å². The molecule has 2 aromatic carbocycles. The second kappa shape index (κ2) is 12.2. The molecule has 0 fully saturated rings. The summed E-state index contributed by atoms with van der Waals surface area (Å²) in [4.78, 5) is 30.0. The molecule has 0 spiro atoms. The largest absolute Gasteiger partial charge is 0.473 e. The zero-order valence-corrected chi connectivity index (χ0v) is 15.1. The van der Waals surface area contributed by atoms with Crippen molar-refractivity contribution >= 4 is 17.8 Å². The SMILES string of the molecule is CC(NCC(=O)NCCc1ccccc1)c1ccccc1.O=C(O)C(=O)O. The van der Waals surface area contributed by atoms with E-state index >= 15 is 0 Å². The van der Waals surface area contributed by atoms with Gasteiger partial charge in [0, 0.05) is 12.6 Å². The maximum atomic E-state index is 11.8. The molecule has 7 heteroatoms. The first-order valence-corrected chi connectivity index (χ1v) is 8.45. The second-order valence-corrected chi connectivity index (χ2v) is 5.71. The van der Waals surface area contributed by atoms with Crippen molar-refractivity contribution in [1.29, 1.82) is 0 Å². The minimum atomic E-state index is -1.82. The summed E-state index contributed by atoms with van der Waals surface area (Å²) in [5.74, 6) is -3.61. The Hall–Kier alpha value is -3.19. The topological polar surface area (TPSA) is 116 Å². The van der Waals surface area contributed by atoms with E-state index in [1.807, 2.05) is 36.4 Å². The quantitative estimate of drug-likeness (QED) is 0.551. The molecule has 0 bridgehead atoms. The zero-order valence-electron chi connectivity index (χ0n) is 15.1. The molecule has 1 atom stereocenters. The smallest absolute Gasteiger partial charge is 0.414 e. The molecule has 0 radical (unpaired) electrons. The Balaban J connectivity index is 0.000000527. The predicted molar refractivity (Wildman–Crippen MR) is 101 cm³/mol. The van der Waals surface area contributed by atoms with Gasteiger partial charge in [0.05, 0.1) is 6.54 Å². The molecule has 0 saturated heterocycles. The number of hydrogen-bond donors (Lipinski definition) is 4. The van der Waals surface area contributed by atoms with Gasteiger partial charge in [-0.05, 0) is 24.5 Å². The molecule has 144 valence electrons. The Bertz CT molecular complexity index is 708. The zero-order chi connectivity index (χ0) is 20.1. The van der Waals surface area contributed by atoms with E-state index in [1.54, 1.807) is 0 Å². The van der Waals surface area contributed by atoms with Gasteiger partial charge in [0.15, 0.2) is 0 Å². The van der Waals surface area contributed by atoms with Crippen LogP contribution in [0.4, 0.5) is 0 Å². The molecule has 0 aliphatic rings. The van der Waals surface area contributed by atoms with Gasteiger partial charge in [0.25, 0.3) is 0 Å². The maximum absolute atomic E-state index is 11.8. The molecule has 1 unspecified atom stereocenters. The molecule has 2 aromatic rings. The van der Waals surface area contributed by atoms with Crippen molar-refractivity contribution in [1.82, 2.24) is 10.6 Å². The van der Waals surface area contributed by atoms with Crippen LogP contribution in [0.25, 0.3) is 0 Å². The van der Waals surface area contributed by atoms with Crippen LogP contribution in [0, 0.1) is 0 Å². The highest BCUT2D eigenvalue weighted by molar-refractivity contribution is 6.27. The first kappa shape index (κ1) is 21.9. The average molecular weight is 372 g/mol. The number of carboxylic acid groups (broad SMARTS) is 2. The Kier molecular flexibility index (Phi) is 9.88. The fourth-order valence-corrected chi connectivity index (χ4v) is 2.16. The number of benzene rings is 2. The first-order valence-electron chi connectivity index (χ1n) is 8.45. The van der Waals surface area contributed by atoms with Crippen LogP contribution in [-0.2, 0) is 20.8 Å². The van der Waals surface area contributed by atoms with Crippen LogP contribution in [0.5, 0.6) is 0 Å². The minimum absolute atomic E-state index is 0.0358. The Morgan fingerprint density at radius 3 is 1.93 bits per heavy atom. The molecular formula is C20H24N2O5. The molecule has 4 N–H and O–H groups in total. The summed E-state index contributed by atoms with van der Waals surface area (Å²) in [7, 11) is 0. The molecule has 0 aliphatic heterocycles. The minimum Gasteiger partial charge on any atom is -0.473 e. The summed E-state index contributed by atoms with van der Waals surface area (Å²) in [5, 5.41) is 21.0. The summed E-state index contributed by atoms with van der Waals surface area (Å²) < 4.78 is 0. The van der Waals surface area contributed by atoms with E-state index in [2.05, 4.69) is 41.8 Å². The van der Waals surface area contributed by atoms with E-state index in [0.717, 1.165) is 6.42 Å². The van der Waals surface area contributed by atoms with Gasteiger partial charge in [-0.25, -0.2) is 9.59 Å². The van der Waals surface area contributed by atoms with E-state index in [0.29, 0.717) is 13.1 Å². The van der Waals surface area contributed by atoms with Gasteiger partial charge in [-0.2, -0.15) is 0 Å². The third kappa shape index (κ3) is 9.76. The summed E-state index contributed by atoms with van der Waals surface area (Å²) >= 11 is 0. The first-order chi connectivity index (χ1) is 12.9. The maximum Gasteiger partial charge on any atom is 0.414 e. The molecule has 0 heterocycles. The lowest BCUT2D eigenvalue weighted by molar-refractivity contribution is -0.159. The molecule has 2 rings (SSSR count). The van der Waals surface area contributed by atoms with Gasteiger partial charge in [-0.1, -0.05) is 60.7 Å². The Morgan fingerprint density at radius 2 is 1.41 bits per heavy atom. The number of carbonyl (C=O) groups excluding carboxylic acids is 1. The number of hydrogen-bond acceptors (Lipinski definition) is 4. The molecule has 7 nitrogen and oxygen atoms in total. The van der Waals surface area contributed by atoms with E-state index in [9.17, 15) is 4.79 Å². The lowest BCUT2D eigenvalue weighted by atomic mass is 10.1. The highest BCUT2D eigenvalue weighted by Crippen LogP contribution is 2.10. The average Bonchev–Trinajstić information content (AvgIpc) is 2.68. The number of aliphatic carboxylic acids is 2. The number of nitrogens with one attached hydrogen (secondary N) is 2. The lowest BCUT2D eigenvalue weighted by Crippen LogP contribution is -2.36. The van der Waals surface area contributed by atoms with Crippen molar-refractivity contribution < 1.29 is 24.6 Å². The highest BCUT2D eigenvalue weighted by atomic mass is 16.4. The van der Waals surface area contributed by atoms with E-state index in [-0.39, 0.29) is 11.9 Å². The number of carbonyl (C=O) groups is 3. The molecule has 1 amide bonds. The highest BCUT2D eigenvalue weighted by Gasteiger charge is 2.06. The second-order valence-electron chi connectivity index (χ2n) is 5.71. The summed E-state index contributed by atoms with van der Waals surface area (Å²) in [6.07, 6.45) is 0.862. The number of rotatable bonds is 7. The van der Waals surface area contributed by atoms with Gasteiger partial charge < -0.3 is 20.8 Å². The Morgan fingerprint density at radius 1 is 0.889 bits per heavy atom. The number of carboxylic acids is 2. The van der Waals surface area contributed by atoms with Gasteiger partial charge in [0.1, 0.15) is 0 Å².